The summed E-state index contributed by atoms with van der Waals surface area (Å²) in [6.07, 6.45) is 3.49. The summed E-state index contributed by atoms with van der Waals surface area (Å²) in [5, 5.41) is 0. The molecule has 1 aliphatic heterocycles. The smallest absolute Gasteiger partial charge is 0.266 e. The lowest BCUT2D eigenvalue weighted by atomic mass is 10.0. The number of amides is 1. The van der Waals surface area contributed by atoms with Crippen LogP contribution in [-0.2, 0) is 11.3 Å². The molecule has 0 aliphatic carbocycles. The molecule has 1 saturated heterocycles. The third-order valence-electron chi connectivity index (χ3n) is 3.67. The van der Waals surface area contributed by atoms with Crippen LogP contribution in [0.3, 0.4) is 0 Å². The maximum absolute atomic E-state index is 12.5. The minimum atomic E-state index is -0.0654. The summed E-state index contributed by atoms with van der Waals surface area (Å²) in [4.78, 5) is 14.8. The molecule has 3 rings (SSSR count). The lowest BCUT2D eigenvalue weighted by Gasteiger charge is -2.12. The van der Waals surface area contributed by atoms with Gasteiger partial charge in [-0.15, -0.1) is 0 Å². The standard InChI is InChI=1S/C18H17NO2S2/c1-12(2)14-7-5-13(6-8-14)10-16-17(20)19(18(22)23-16)11-15-4-3-9-21-15/h3-10,12H,11H2,1-2H3/b16-10-. The Kier molecular flexibility index (Phi) is 4.68. The number of furan rings is 1. The Morgan fingerprint density at radius 2 is 2.00 bits per heavy atom. The minimum absolute atomic E-state index is 0.0654. The van der Waals surface area contributed by atoms with Crippen LogP contribution >= 0.6 is 24.0 Å². The largest absolute Gasteiger partial charge is 0.467 e. The molecule has 0 atom stereocenters. The molecule has 1 aromatic carbocycles. The third kappa shape index (κ3) is 3.57. The summed E-state index contributed by atoms with van der Waals surface area (Å²) in [7, 11) is 0. The molecule has 1 aromatic heterocycles. The summed E-state index contributed by atoms with van der Waals surface area (Å²) < 4.78 is 5.87. The number of rotatable bonds is 4. The van der Waals surface area contributed by atoms with E-state index < -0.39 is 0 Å². The SMILES string of the molecule is CC(C)c1ccc(/C=C2\SC(=S)N(Cc3ccco3)C2=O)cc1. The Balaban J connectivity index is 1.78. The molecule has 0 unspecified atom stereocenters. The number of nitrogens with zero attached hydrogens (tertiary/aromatic N) is 1. The Bertz CT molecular complexity index is 746. The van der Waals surface area contributed by atoms with E-state index in [4.69, 9.17) is 16.6 Å². The molecule has 5 heteroatoms. The van der Waals surface area contributed by atoms with Gasteiger partial charge in [0.2, 0.25) is 0 Å². The Hall–Kier alpha value is -1.85. The third-order valence-corrected chi connectivity index (χ3v) is 5.05. The van der Waals surface area contributed by atoms with Gasteiger partial charge in [-0.1, -0.05) is 62.1 Å². The van der Waals surface area contributed by atoms with Crippen molar-refractivity contribution in [3.63, 3.8) is 0 Å². The van der Waals surface area contributed by atoms with Crippen LogP contribution in [-0.4, -0.2) is 15.1 Å². The van der Waals surface area contributed by atoms with Gasteiger partial charge in [0.1, 0.15) is 10.1 Å². The predicted octanol–water partition coefficient (Wildman–Crippen LogP) is 4.80. The van der Waals surface area contributed by atoms with Crippen LogP contribution in [0.15, 0.2) is 52.0 Å². The maximum atomic E-state index is 12.5. The summed E-state index contributed by atoms with van der Waals surface area (Å²) in [6.45, 7) is 4.70. The zero-order valence-corrected chi connectivity index (χ0v) is 14.6. The summed E-state index contributed by atoms with van der Waals surface area (Å²) >= 11 is 6.66. The first kappa shape index (κ1) is 16.0. The van der Waals surface area contributed by atoms with E-state index in [1.54, 1.807) is 17.2 Å². The quantitative estimate of drug-likeness (QED) is 0.589. The lowest BCUT2D eigenvalue weighted by Crippen LogP contribution is -2.27. The van der Waals surface area contributed by atoms with Gasteiger partial charge < -0.3 is 4.42 Å². The Morgan fingerprint density at radius 1 is 1.26 bits per heavy atom. The first-order valence-electron chi connectivity index (χ1n) is 7.42. The zero-order valence-electron chi connectivity index (χ0n) is 13.0. The van der Waals surface area contributed by atoms with Crippen LogP contribution in [0.2, 0.25) is 0 Å². The summed E-state index contributed by atoms with van der Waals surface area (Å²) in [5.74, 6) is 1.16. The molecular weight excluding hydrogens is 326 g/mol. The van der Waals surface area contributed by atoms with E-state index in [0.29, 0.717) is 21.7 Å². The van der Waals surface area contributed by atoms with Crippen molar-refractivity contribution in [2.75, 3.05) is 0 Å². The van der Waals surface area contributed by atoms with Crippen LogP contribution < -0.4 is 0 Å². The molecule has 0 saturated carbocycles. The molecule has 0 spiro atoms. The molecule has 3 nitrogen and oxygen atoms in total. The maximum Gasteiger partial charge on any atom is 0.266 e. The zero-order chi connectivity index (χ0) is 16.4. The van der Waals surface area contributed by atoms with Gasteiger partial charge in [0.05, 0.1) is 17.7 Å². The van der Waals surface area contributed by atoms with Crippen molar-refractivity contribution in [1.29, 1.82) is 0 Å². The topological polar surface area (TPSA) is 33.5 Å². The van der Waals surface area contributed by atoms with Gasteiger partial charge in [-0.05, 0) is 35.3 Å². The van der Waals surface area contributed by atoms with E-state index in [1.807, 2.05) is 24.3 Å². The number of hydrogen-bond donors (Lipinski definition) is 0. The van der Waals surface area contributed by atoms with Gasteiger partial charge in [-0.2, -0.15) is 0 Å². The van der Waals surface area contributed by atoms with E-state index >= 15 is 0 Å². The highest BCUT2D eigenvalue weighted by Crippen LogP contribution is 2.33. The van der Waals surface area contributed by atoms with E-state index in [0.717, 1.165) is 11.3 Å². The van der Waals surface area contributed by atoms with Crippen molar-refractivity contribution in [3.05, 3.63) is 64.5 Å². The van der Waals surface area contributed by atoms with Gasteiger partial charge in [-0.3, -0.25) is 9.69 Å². The Morgan fingerprint density at radius 3 is 2.61 bits per heavy atom. The van der Waals surface area contributed by atoms with Crippen LogP contribution in [0.5, 0.6) is 0 Å². The van der Waals surface area contributed by atoms with Crippen LogP contribution in [0, 0.1) is 0 Å². The van der Waals surface area contributed by atoms with Crippen LogP contribution in [0.1, 0.15) is 36.7 Å². The van der Waals surface area contributed by atoms with Gasteiger partial charge in [0.25, 0.3) is 5.91 Å². The van der Waals surface area contributed by atoms with Crippen molar-refractivity contribution in [3.8, 4) is 0 Å². The predicted molar refractivity (Wildman–Crippen MR) is 98.0 cm³/mol. The number of carbonyl (C=O) groups excluding carboxylic acids is 1. The molecule has 118 valence electrons. The Labute approximate surface area is 145 Å². The van der Waals surface area contributed by atoms with E-state index in [1.165, 1.54) is 17.3 Å². The van der Waals surface area contributed by atoms with Gasteiger partial charge in [-0.25, -0.2) is 0 Å². The molecule has 23 heavy (non-hydrogen) atoms. The van der Waals surface area contributed by atoms with Crippen molar-refractivity contribution in [2.24, 2.45) is 0 Å². The summed E-state index contributed by atoms with van der Waals surface area (Å²) in [6, 6.07) is 11.9. The number of thiocarbonyl (C=S) groups is 1. The van der Waals surface area contributed by atoms with E-state index in [2.05, 4.69) is 26.0 Å². The van der Waals surface area contributed by atoms with Crippen molar-refractivity contribution in [2.45, 2.75) is 26.3 Å². The molecule has 1 aliphatic rings. The molecule has 0 bridgehead atoms. The molecule has 1 fully saturated rings. The fourth-order valence-electron chi connectivity index (χ4n) is 2.32. The second-order valence-corrected chi connectivity index (χ2v) is 7.34. The molecule has 2 heterocycles. The molecule has 0 N–H and O–H groups in total. The number of hydrogen-bond acceptors (Lipinski definition) is 4. The van der Waals surface area contributed by atoms with Crippen molar-refractivity contribution < 1.29 is 9.21 Å². The van der Waals surface area contributed by atoms with E-state index in [9.17, 15) is 4.79 Å². The normalized spacial score (nSPS) is 16.8. The lowest BCUT2D eigenvalue weighted by molar-refractivity contribution is -0.122. The second kappa shape index (κ2) is 6.72. The first-order chi connectivity index (χ1) is 11.0. The highest BCUT2D eigenvalue weighted by Gasteiger charge is 2.32. The second-order valence-electron chi connectivity index (χ2n) is 5.67. The highest BCUT2D eigenvalue weighted by atomic mass is 32.2. The summed E-state index contributed by atoms with van der Waals surface area (Å²) in [5.41, 5.74) is 2.29. The molecule has 1 amide bonds. The number of carbonyl (C=O) groups is 1. The first-order valence-corrected chi connectivity index (χ1v) is 8.65. The number of benzene rings is 1. The van der Waals surface area contributed by atoms with Crippen molar-refractivity contribution >= 4 is 40.3 Å². The van der Waals surface area contributed by atoms with Crippen LogP contribution in [0.4, 0.5) is 0 Å². The van der Waals surface area contributed by atoms with Crippen LogP contribution in [0.25, 0.3) is 6.08 Å². The molecule has 2 aromatic rings. The monoisotopic (exact) mass is 343 g/mol. The van der Waals surface area contributed by atoms with Gasteiger partial charge in [0.15, 0.2) is 0 Å². The minimum Gasteiger partial charge on any atom is -0.467 e. The molecule has 0 radical (unpaired) electrons. The van der Waals surface area contributed by atoms with Crippen molar-refractivity contribution in [1.82, 2.24) is 4.90 Å². The van der Waals surface area contributed by atoms with Gasteiger partial charge >= 0.3 is 0 Å². The molecular formula is C18H17NO2S2. The average Bonchev–Trinajstić information content (AvgIpc) is 3.12. The fourth-order valence-corrected chi connectivity index (χ4v) is 3.58. The highest BCUT2D eigenvalue weighted by molar-refractivity contribution is 8.26. The van der Waals surface area contributed by atoms with Gasteiger partial charge in [0, 0.05) is 0 Å². The average molecular weight is 343 g/mol. The number of thioether (sulfide) groups is 1. The van der Waals surface area contributed by atoms with E-state index in [-0.39, 0.29) is 5.91 Å². The fraction of sp³-hybridized carbons (Fsp3) is 0.222.